The van der Waals surface area contributed by atoms with E-state index in [2.05, 4.69) is 21.3 Å². The number of aliphatic hydroxyl groups is 2. The van der Waals surface area contributed by atoms with E-state index < -0.39 is 27.1 Å². The number of phosphoric ester groups is 1. The third kappa shape index (κ3) is 16.9. The lowest BCUT2D eigenvalue weighted by molar-refractivity contribution is -0.121. The summed E-state index contributed by atoms with van der Waals surface area (Å²) in [6, 6.07) is 0. The normalized spacial score (nSPS) is 14.8. The van der Waals surface area contributed by atoms with Crippen LogP contribution in [-0.2, 0) is 18.4 Å². The minimum atomic E-state index is -4.29. The van der Waals surface area contributed by atoms with E-state index in [0.29, 0.717) is 6.42 Å². The van der Waals surface area contributed by atoms with Crippen LogP contribution in [0.3, 0.4) is 0 Å². The molecule has 0 saturated heterocycles. The highest BCUT2D eigenvalue weighted by atomic mass is 31.2. The Morgan fingerprint density at radius 1 is 1.04 bits per heavy atom. The Morgan fingerprint density at radius 2 is 1.62 bits per heavy atom. The predicted octanol–water partition coefficient (Wildman–Crippen LogP) is 2.51. The molecule has 0 bridgehead atoms. The molecule has 156 valence electrons. The van der Waals surface area contributed by atoms with Gasteiger partial charge in [-0.05, 0) is 6.42 Å². The van der Waals surface area contributed by atoms with E-state index in [-0.39, 0.29) is 19.1 Å². The first-order chi connectivity index (χ1) is 12.4. The second-order valence-corrected chi connectivity index (χ2v) is 7.82. The molecular formula is C17H36NO7P. The molecule has 0 rings (SSSR count). The summed E-state index contributed by atoms with van der Waals surface area (Å²) in [4.78, 5) is 21.0. The van der Waals surface area contributed by atoms with Gasteiger partial charge in [0.05, 0.1) is 19.8 Å². The molecule has 0 saturated carbocycles. The maximum atomic E-state index is 11.6. The molecule has 0 radical (unpaired) electrons. The molecule has 0 aromatic heterocycles. The Balaban J connectivity index is 3.50. The Hall–Kier alpha value is -0.500. The summed E-state index contributed by atoms with van der Waals surface area (Å²) in [5.41, 5.74) is 0. The zero-order valence-electron chi connectivity index (χ0n) is 15.9. The van der Waals surface area contributed by atoms with Crippen LogP contribution in [0, 0.1) is 0 Å². The molecule has 0 aromatic carbocycles. The maximum Gasteiger partial charge on any atom is 0.472 e. The molecule has 0 spiro atoms. The quantitative estimate of drug-likeness (QED) is 0.207. The van der Waals surface area contributed by atoms with Crippen LogP contribution in [0.25, 0.3) is 0 Å². The van der Waals surface area contributed by atoms with Gasteiger partial charge in [-0.15, -0.1) is 0 Å². The summed E-state index contributed by atoms with van der Waals surface area (Å²) in [6.07, 6.45) is 9.88. The molecule has 8 nitrogen and oxygen atoms in total. The minimum Gasteiger partial charge on any atom is -0.394 e. The van der Waals surface area contributed by atoms with Crippen LogP contribution >= 0.6 is 7.82 Å². The molecule has 0 aliphatic heterocycles. The third-order valence-electron chi connectivity index (χ3n) is 3.83. The molecule has 2 atom stereocenters. The highest BCUT2D eigenvalue weighted by Gasteiger charge is 2.22. The lowest BCUT2D eigenvalue weighted by Crippen LogP contribution is -2.27. The molecule has 4 N–H and O–H groups in total. The molecule has 0 fully saturated rings. The fourth-order valence-electron chi connectivity index (χ4n) is 2.31. The van der Waals surface area contributed by atoms with Crippen LogP contribution in [0.4, 0.5) is 0 Å². The van der Waals surface area contributed by atoms with Gasteiger partial charge in [-0.2, -0.15) is 0 Å². The smallest absolute Gasteiger partial charge is 0.394 e. The maximum absolute atomic E-state index is 11.6. The number of carbonyl (C=O) groups excluding carboxylic acids is 1. The zero-order chi connectivity index (χ0) is 19.7. The standard InChI is InChI=1S/C17H36NO7P/c1-2-3-4-5-6-7-8-9-10-11-17(21)18-12-13-24-26(22,23)25-15-16(20)14-19/h16,19-20H,2-15H2,1H3,(H,18,21)(H,22,23). The van der Waals surface area contributed by atoms with Gasteiger partial charge in [0, 0.05) is 13.0 Å². The van der Waals surface area contributed by atoms with Crippen LogP contribution in [-0.4, -0.2) is 53.5 Å². The van der Waals surface area contributed by atoms with Gasteiger partial charge in [-0.25, -0.2) is 4.57 Å². The van der Waals surface area contributed by atoms with Gasteiger partial charge in [0.2, 0.25) is 5.91 Å². The summed E-state index contributed by atoms with van der Waals surface area (Å²) >= 11 is 0. The van der Waals surface area contributed by atoms with Crippen molar-refractivity contribution in [2.45, 2.75) is 77.2 Å². The number of nitrogens with one attached hydrogen (secondary N) is 1. The molecule has 26 heavy (non-hydrogen) atoms. The number of hydrogen-bond acceptors (Lipinski definition) is 6. The number of phosphoric acid groups is 1. The zero-order valence-corrected chi connectivity index (χ0v) is 16.8. The van der Waals surface area contributed by atoms with Crippen molar-refractivity contribution in [3.63, 3.8) is 0 Å². The van der Waals surface area contributed by atoms with Crippen LogP contribution < -0.4 is 5.32 Å². The first kappa shape index (κ1) is 25.5. The summed E-state index contributed by atoms with van der Waals surface area (Å²) in [5, 5.41) is 20.2. The molecule has 0 aromatic rings. The van der Waals surface area contributed by atoms with Crippen molar-refractivity contribution in [3.8, 4) is 0 Å². The highest BCUT2D eigenvalue weighted by molar-refractivity contribution is 7.47. The fourth-order valence-corrected chi connectivity index (χ4v) is 3.06. The number of unbranched alkanes of at least 4 members (excludes halogenated alkanes) is 8. The number of amides is 1. The van der Waals surface area contributed by atoms with Gasteiger partial charge in [-0.1, -0.05) is 58.3 Å². The number of hydrogen-bond donors (Lipinski definition) is 4. The largest absolute Gasteiger partial charge is 0.472 e. The van der Waals surface area contributed by atoms with Crippen LogP contribution in [0.2, 0.25) is 0 Å². The molecular weight excluding hydrogens is 361 g/mol. The van der Waals surface area contributed by atoms with E-state index in [0.717, 1.165) is 19.3 Å². The summed E-state index contributed by atoms with van der Waals surface area (Å²) < 4.78 is 20.6. The van der Waals surface area contributed by atoms with E-state index in [4.69, 9.17) is 10.2 Å². The fraction of sp³-hybridized carbons (Fsp3) is 0.941. The number of carbonyl (C=O) groups is 1. The van der Waals surface area contributed by atoms with Gasteiger partial charge in [-0.3, -0.25) is 13.8 Å². The summed E-state index contributed by atoms with van der Waals surface area (Å²) in [7, 11) is -4.29. The predicted molar refractivity (Wildman–Crippen MR) is 99.7 cm³/mol. The Kier molecular flexibility index (Phi) is 16.3. The lowest BCUT2D eigenvalue weighted by atomic mass is 10.1. The van der Waals surface area contributed by atoms with Crippen LogP contribution in [0.5, 0.6) is 0 Å². The molecule has 0 aliphatic carbocycles. The SMILES string of the molecule is CCCCCCCCCCCC(=O)NCCOP(=O)(O)OCC(O)CO. The minimum absolute atomic E-state index is 0.104. The van der Waals surface area contributed by atoms with Gasteiger partial charge >= 0.3 is 7.82 Å². The van der Waals surface area contributed by atoms with E-state index in [9.17, 15) is 14.3 Å². The topological polar surface area (TPSA) is 125 Å². The van der Waals surface area contributed by atoms with E-state index in [1.807, 2.05) is 0 Å². The van der Waals surface area contributed by atoms with Gasteiger partial charge in [0.15, 0.2) is 0 Å². The van der Waals surface area contributed by atoms with Crippen molar-refractivity contribution < 1.29 is 33.5 Å². The van der Waals surface area contributed by atoms with Crippen molar-refractivity contribution in [1.29, 1.82) is 0 Å². The van der Waals surface area contributed by atoms with Crippen LogP contribution in [0.1, 0.15) is 71.1 Å². The first-order valence-corrected chi connectivity index (χ1v) is 11.1. The Labute approximate surface area is 156 Å². The Bertz CT molecular complexity index is 395. The van der Waals surface area contributed by atoms with E-state index in [1.54, 1.807) is 0 Å². The van der Waals surface area contributed by atoms with Gasteiger partial charge in [0.1, 0.15) is 6.10 Å². The monoisotopic (exact) mass is 397 g/mol. The average Bonchev–Trinajstić information content (AvgIpc) is 2.62. The van der Waals surface area contributed by atoms with E-state index >= 15 is 0 Å². The molecule has 9 heteroatoms. The Morgan fingerprint density at radius 3 is 2.19 bits per heavy atom. The number of rotatable bonds is 18. The highest BCUT2D eigenvalue weighted by Crippen LogP contribution is 2.42. The van der Waals surface area contributed by atoms with E-state index in [1.165, 1.54) is 38.5 Å². The molecule has 1 amide bonds. The van der Waals surface area contributed by atoms with Crippen molar-refractivity contribution in [2.24, 2.45) is 0 Å². The lowest BCUT2D eigenvalue weighted by Gasteiger charge is -2.14. The van der Waals surface area contributed by atoms with Crippen molar-refractivity contribution in [2.75, 3.05) is 26.4 Å². The van der Waals surface area contributed by atoms with Crippen LogP contribution in [0.15, 0.2) is 0 Å². The molecule has 0 aliphatic rings. The van der Waals surface area contributed by atoms with Gasteiger partial charge < -0.3 is 20.4 Å². The van der Waals surface area contributed by atoms with Crippen molar-refractivity contribution in [1.82, 2.24) is 5.32 Å². The van der Waals surface area contributed by atoms with Crippen molar-refractivity contribution >= 4 is 13.7 Å². The summed E-state index contributed by atoms with van der Waals surface area (Å²) in [6.45, 7) is 1.06. The third-order valence-corrected chi connectivity index (χ3v) is 4.81. The molecule has 2 unspecified atom stereocenters. The second-order valence-electron chi connectivity index (χ2n) is 6.36. The first-order valence-electron chi connectivity index (χ1n) is 9.58. The van der Waals surface area contributed by atoms with Crippen molar-refractivity contribution in [3.05, 3.63) is 0 Å². The number of aliphatic hydroxyl groups excluding tert-OH is 2. The summed E-state index contributed by atoms with van der Waals surface area (Å²) in [5.74, 6) is -0.110. The van der Waals surface area contributed by atoms with Gasteiger partial charge in [0.25, 0.3) is 0 Å². The average molecular weight is 397 g/mol. The molecule has 0 heterocycles. The second kappa shape index (κ2) is 16.7.